The van der Waals surface area contributed by atoms with Crippen molar-refractivity contribution in [2.75, 3.05) is 33.2 Å². The molecule has 0 bridgehead atoms. The van der Waals surface area contributed by atoms with E-state index in [-0.39, 0.29) is 0 Å². The second-order valence-electron chi connectivity index (χ2n) is 6.12. The Bertz CT molecular complexity index is 385. The van der Waals surface area contributed by atoms with Crippen molar-refractivity contribution in [1.82, 2.24) is 13.9 Å². The molecule has 0 radical (unpaired) electrons. The SMILES string of the molecule is CCCCN(C)S(=O)(=O)N1CCC(C2CCCN2)CC1. The number of unbranched alkanes of at least 4 members (excludes halogenated alkanes) is 1. The van der Waals surface area contributed by atoms with Gasteiger partial charge in [-0.15, -0.1) is 0 Å². The maximum absolute atomic E-state index is 12.5. The second kappa shape index (κ2) is 7.20. The van der Waals surface area contributed by atoms with Gasteiger partial charge in [-0.05, 0) is 44.6 Å². The second-order valence-corrected chi connectivity index (χ2v) is 8.16. The minimum atomic E-state index is -3.23. The molecule has 2 aliphatic rings. The van der Waals surface area contributed by atoms with Crippen molar-refractivity contribution in [2.45, 2.75) is 51.5 Å². The van der Waals surface area contributed by atoms with Gasteiger partial charge in [-0.1, -0.05) is 13.3 Å². The van der Waals surface area contributed by atoms with Gasteiger partial charge in [0.25, 0.3) is 10.2 Å². The maximum atomic E-state index is 12.5. The number of nitrogens with zero attached hydrogens (tertiary/aromatic N) is 2. The largest absolute Gasteiger partial charge is 0.314 e. The van der Waals surface area contributed by atoms with Crippen LogP contribution in [0.25, 0.3) is 0 Å². The fourth-order valence-electron chi connectivity index (χ4n) is 3.32. The fraction of sp³-hybridized carbons (Fsp3) is 1.00. The lowest BCUT2D eigenvalue weighted by atomic mass is 9.89. The van der Waals surface area contributed by atoms with Crippen molar-refractivity contribution in [3.63, 3.8) is 0 Å². The summed E-state index contributed by atoms with van der Waals surface area (Å²) in [5.74, 6) is 0.657. The standard InChI is InChI=1S/C14H29N3O2S/c1-3-4-10-16(2)20(18,19)17-11-7-13(8-12-17)14-6-5-9-15-14/h13-15H,3-12H2,1-2H3. The van der Waals surface area contributed by atoms with Gasteiger partial charge in [0.05, 0.1) is 0 Å². The Morgan fingerprint density at radius 3 is 2.50 bits per heavy atom. The molecule has 0 aromatic carbocycles. The first-order chi connectivity index (χ1) is 9.55. The highest BCUT2D eigenvalue weighted by Crippen LogP contribution is 2.27. The average molecular weight is 303 g/mol. The zero-order valence-corrected chi connectivity index (χ0v) is 13.7. The number of rotatable bonds is 6. The molecule has 5 nitrogen and oxygen atoms in total. The van der Waals surface area contributed by atoms with E-state index < -0.39 is 10.2 Å². The third-order valence-electron chi connectivity index (χ3n) is 4.71. The summed E-state index contributed by atoms with van der Waals surface area (Å²) in [4.78, 5) is 0. The monoisotopic (exact) mass is 303 g/mol. The Kier molecular flexibility index (Phi) is 5.84. The molecule has 2 heterocycles. The van der Waals surface area contributed by atoms with Gasteiger partial charge < -0.3 is 5.32 Å². The number of hydrogen-bond donors (Lipinski definition) is 1. The molecule has 0 aromatic heterocycles. The van der Waals surface area contributed by atoms with E-state index in [4.69, 9.17) is 0 Å². The Morgan fingerprint density at radius 1 is 1.25 bits per heavy atom. The molecule has 0 saturated carbocycles. The minimum absolute atomic E-state index is 0.623. The van der Waals surface area contributed by atoms with Crippen molar-refractivity contribution < 1.29 is 8.42 Å². The molecule has 1 N–H and O–H groups in total. The topological polar surface area (TPSA) is 52.7 Å². The third kappa shape index (κ3) is 3.72. The Balaban J connectivity index is 1.85. The van der Waals surface area contributed by atoms with Crippen LogP contribution in [0.4, 0.5) is 0 Å². The number of piperidine rings is 1. The molecule has 6 heteroatoms. The molecular weight excluding hydrogens is 274 g/mol. The smallest absolute Gasteiger partial charge is 0.281 e. The van der Waals surface area contributed by atoms with Crippen LogP contribution in [0.3, 0.4) is 0 Å². The molecule has 0 aliphatic carbocycles. The van der Waals surface area contributed by atoms with Crippen LogP contribution in [0.15, 0.2) is 0 Å². The lowest BCUT2D eigenvalue weighted by Crippen LogP contribution is -2.48. The summed E-state index contributed by atoms with van der Waals surface area (Å²) in [6, 6.07) is 0.623. The van der Waals surface area contributed by atoms with Crippen LogP contribution >= 0.6 is 0 Å². The average Bonchev–Trinajstić information content (AvgIpc) is 2.99. The van der Waals surface area contributed by atoms with Crippen LogP contribution < -0.4 is 5.32 Å². The molecular formula is C14H29N3O2S. The summed E-state index contributed by atoms with van der Waals surface area (Å²) in [6.07, 6.45) is 6.47. The predicted octanol–water partition coefficient (Wildman–Crippen LogP) is 1.43. The van der Waals surface area contributed by atoms with Gasteiger partial charge in [0.1, 0.15) is 0 Å². The summed E-state index contributed by atoms with van der Waals surface area (Å²) >= 11 is 0. The molecule has 20 heavy (non-hydrogen) atoms. The van der Waals surface area contributed by atoms with Crippen LogP contribution in [-0.4, -0.2) is 56.3 Å². The van der Waals surface area contributed by atoms with Gasteiger partial charge in [0.2, 0.25) is 0 Å². The Morgan fingerprint density at radius 2 is 1.95 bits per heavy atom. The molecule has 0 aromatic rings. The van der Waals surface area contributed by atoms with E-state index in [2.05, 4.69) is 12.2 Å². The fourth-order valence-corrected chi connectivity index (χ4v) is 4.74. The summed E-state index contributed by atoms with van der Waals surface area (Å²) in [6.45, 7) is 5.20. The minimum Gasteiger partial charge on any atom is -0.314 e. The summed E-state index contributed by atoms with van der Waals surface area (Å²) < 4.78 is 28.1. The van der Waals surface area contributed by atoms with E-state index in [9.17, 15) is 8.42 Å². The zero-order valence-electron chi connectivity index (χ0n) is 12.8. The van der Waals surface area contributed by atoms with E-state index in [1.54, 1.807) is 11.4 Å². The summed E-state index contributed by atoms with van der Waals surface area (Å²) in [5, 5.41) is 3.55. The molecule has 0 spiro atoms. The van der Waals surface area contributed by atoms with E-state index in [0.29, 0.717) is 31.6 Å². The summed E-state index contributed by atoms with van der Waals surface area (Å²) in [7, 11) is -1.53. The van der Waals surface area contributed by atoms with E-state index in [0.717, 1.165) is 32.2 Å². The highest BCUT2D eigenvalue weighted by Gasteiger charge is 2.34. The first kappa shape index (κ1) is 16.2. The van der Waals surface area contributed by atoms with Gasteiger partial charge in [0.15, 0.2) is 0 Å². The van der Waals surface area contributed by atoms with E-state index in [1.807, 2.05) is 0 Å². The quantitative estimate of drug-likeness (QED) is 0.807. The van der Waals surface area contributed by atoms with Crippen molar-refractivity contribution in [1.29, 1.82) is 0 Å². The predicted molar refractivity (Wildman–Crippen MR) is 81.8 cm³/mol. The first-order valence-corrected chi connectivity index (χ1v) is 9.40. The molecule has 2 aliphatic heterocycles. The molecule has 118 valence electrons. The van der Waals surface area contributed by atoms with Gasteiger partial charge in [-0.2, -0.15) is 17.0 Å². The third-order valence-corrected chi connectivity index (χ3v) is 6.70. The summed E-state index contributed by atoms with van der Waals surface area (Å²) in [5.41, 5.74) is 0. The van der Waals surface area contributed by atoms with Crippen LogP contribution in [0.1, 0.15) is 45.4 Å². The first-order valence-electron chi connectivity index (χ1n) is 8.00. The Hall–Kier alpha value is -0.170. The normalized spacial score (nSPS) is 26.4. The van der Waals surface area contributed by atoms with Crippen LogP contribution in [0.5, 0.6) is 0 Å². The van der Waals surface area contributed by atoms with Crippen molar-refractivity contribution in [2.24, 2.45) is 5.92 Å². The van der Waals surface area contributed by atoms with Crippen LogP contribution in [0.2, 0.25) is 0 Å². The molecule has 1 unspecified atom stereocenters. The van der Waals surface area contributed by atoms with Crippen molar-refractivity contribution in [3.05, 3.63) is 0 Å². The molecule has 1 atom stereocenters. The maximum Gasteiger partial charge on any atom is 0.281 e. The molecule has 0 amide bonds. The van der Waals surface area contributed by atoms with Gasteiger partial charge in [-0.25, -0.2) is 0 Å². The Labute approximate surface area is 123 Å². The van der Waals surface area contributed by atoms with Crippen molar-refractivity contribution >= 4 is 10.2 Å². The lowest BCUT2D eigenvalue weighted by molar-refractivity contribution is 0.224. The number of hydrogen-bond acceptors (Lipinski definition) is 3. The van der Waals surface area contributed by atoms with Crippen molar-refractivity contribution in [3.8, 4) is 0 Å². The highest BCUT2D eigenvalue weighted by atomic mass is 32.2. The number of nitrogens with one attached hydrogen (secondary N) is 1. The highest BCUT2D eigenvalue weighted by molar-refractivity contribution is 7.86. The molecule has 2 rings (SSSR count). The van der Waals surface area contributed by atoms with Gasteiger partial charge >= 0.3 is 0 Å². The van der Waals surface area contributed by atoms with Crippen LogP contribution in [0, 0.1) is 5.92 Å². The molecule has 2 fully saturated rings. The van der Waals surface area contributed by atoms with Gasteiger partial charge in [0, 0.05) is 32.7 Å². The zero-order chi connectivity index (χ0) is 14.6. The van der Waals surface area contributed by atoms with E-state index >= 15 is 0 Å². The van der Waals surface area contributed by atoms with Crippen LogP contribution in [-0.2, 0) is 10.2 Å². The van der Waals surface area contributed by atoms with Gasteiger partial charge in [-0.3, -0.25) is 0 Å². The van der Waals surface area contributed by atoms with E-state index in [1.165, 1.54) is 17.1 Å². The lowest BCUT2D eigenvalue weighted by Gasteiger charge is -2.36. The molecule has 2 saturated heterocycles.